The van der Waals surface area contributed by atoms with Gasteiger partial charge < -0.3 is 18.9 Å². The third kappa shape index (κ3) is 9.85. The molecule has 0 radical (unpaired) electrons. The first-order chi connectivity index (χ1) is 20.1. The summed E-state index contributed by atoms with van der Waals surface area (Å²) in [6.45, 7) is 1.32. The Labute approximate surface area is 256 Å². The number of carbonyl (C=O) groups excluding carboxylic acids is 4. The summed E-state index contributed by atoms with van der Waals surface area (Å²) < 4.78 is 21.7. The Morgan fingerprint density at radius 3 is 1.95 bits per heavy atom. The number of ether oxygens (including phenoxy) is 4. The monoisotopic (exact) mass is 694 g/mol. The lowest BCUT2D eigenvalue weighted by Crippen LogP contribution is -2.35. The molecule has 0 aliphatic rings. The Morgan fingerprint density at radius 1 is 0.810 bits per heavy atom. The van der Waals surface area contributed by atoms with Gasteiger partial charge >= 0.3 is 23.9 Å². The van der Waals surface area contributed by atoms with Gasteiger partial charge in [-0.3, -0.25) is 29.0 Å². The molecule has 0 aliphatic carbocycles. The van der Waals surface area contributed by atoms with Gasteiger partial charge in [0.05, 0.1) is 61.6 Å². The highest BCUT2D eigenvalue weighted by atomic mass is 127. The summed E-state index contributed by atoms with van der Waals surface area (Å²) >= 11 is 2.16. The maximum absolute atomic E-state index is 11.8. The average molecular weight is 694 g/mol. The van der Waals surface area contributed by atoms with Crippen molar-refractivity contribution in [2.75, 3.05) is 47.7 Å². The van der Waals surface area contributed by atoms with Crippen LogP contribution in [0.1, 0.15) is 18.3 Å². The molecule has 3 rings (SSSR count). The van der Waals surface area contributed by atoms with E-state index in [9.17, 15) is 19.2 Å². The molecule has 0 atom stereocenters. The van der Waals surface area contributed by atoms with E-state index in [1.807, 2.05) is 12.1 Å². The van der Waals surface area contributed by atoms with Crippen molar-refractivity contribution in [1.82, 2.24) is 29.5 Å². The fraction of sp³-hybridized carbons (Fsp3) is 0.370. The lowest BCUT2D eigenvalue weighted by Gasteiger charge is -2.20. The average Bonchev–Trinajstić information content (AvgIpc) is 3.37. The van der Waals surface area contributed by atoms with Gasteiger partial charge in [-0.25, -0.2) is 14.6 Å². The third-order valence-electron chi connectivity index (χ3n) is 5.71. The van der Waals surface area contributed by atoms with Gasteiger partial charge in [0.2, 0.25) is 0 Å². The second-order valence-electron chi connectivity index (χ2n) is 8.90. The molecule has 15 heteroatoms. The summed E-state index contributed by atoms with van der Waals surface area (Å²) in [5, 5.41) is 4.70. The van der Waals surface area contributed by atoms with Crippen molar-refractivity contribution >= 4 is 46.5 Å². The van der Waals surface area contributed by atoms with E-state index >= 15 is 0 Å². The van der Waals surface area contributed by atoms with Crippen LogP contribution in [-0.4, -0.2) is 101 Å². The van der Waals surface area contributed by atoms with Gasteiger partial charge in [0.1, 0.15) is 12.4 Å². The second kappa shape index (κ2) is 15.9. The van der Waals surface area contributed by atoms with Crippen LogP contribution in [0.4, 0.5) is 0 Å². The fourth-order valence-electron chi connectivity index (χ4n) is 3.72. The SMILES string of the molecule is COC(=O)CN(COC(C)=O)Cc1cccc(-c2nn(-c3cccc(CN(CC(=O)OC)CC(=O)OC)n3)cc2I)n1. The Hall–Kier alpha value is -3.96. The first-order valence-corrected chi connectivity index (χ1v) is 13.7. The maximum atomic E-state index is 11.8. The van der Waals surface area contributed by atoms with Crippen molar-refractivity contribution in [1.29, 1.82) is 0 Å². The Bertz CT molecular complexity index is 1400. The summed E-state index contributed by atoms with van der Waals surface area (Å²) in [6.07, 6.45) is 1.81. The zero-order valence-corrected chi connectivity index (χ0v) is 25.8. The molecule has 224 valence electrons. The second-order valence-corrected chi connectivity index (χ2v) is 10.1. The summed E-state index contributed by atoms with van der Waals surface area (Å²) in [4.78, 5) is 59.4. The molecule has 3 heterocycles. The molecule has 0 bridgehead atoms. The highest BCUT2D eigenvalue weighted by Gasteiger charge is 2.19. The van der Waals surface area contributed by atoms with Gasteiger partial charge in [-0.05, 0) is 46.9 Å². The molecule has 0 unspecified atom stereocenters. The third-order valence-corrected chi connectivity index (χ3v) is 6.50. The standard InChI is InChI=1S/C27H31IN6O8/c1-18(35)42-17-33(16-26(38)41-4)12-19-7-5-9-22(29-19)27-21(28)13-34(31-27)23-10-6-8-20(30-23)11-32(14-24(36)39-2)15-25(37)40-3/h5-10,13H,11-12,14-17H2,1-4H3. The number of nitrogens with zero attached hydrogens (tertiary/aromatic N) is 6. The molecule has 42 heavy (non-hydrogen) atoms. The van der Waals surface area contributed by atoms with Crippen molar-refractivity contribution in [3.63, 3.8) is 0 Å². The van der Waals surface area contributed by atoms with Gasteiger partial charge in [-0.1, -0.05) is 12.1 Å². The minimum atomic E-state index is -0.490. The minimum absolute atomic E-state index is 0.0828. The molecule has 0 fully saturated rings. The number of hydrogen-bond acceptors (Lipinski definition) is 13. The van der Waals surface area contributed by atoms with E-state index in [0.717, 1.165) is 3.57 Å². The smallest absolute Gasteiger partial charge is 0.319 e. The summed E-state index contributed by atoms with van der Waals surface area (Å²) in [5.74, 6) is -1.40. The molecule has 0 saturated carbocycles. The molecule has 0 saturated heterocycles. The van der Waals surface area contributed by atoms with E-state index in [0.29, 0.717) is 28.6 Å². The molecule has 0 spiro atoms. The summed E-state index contributed by atoms with van der Waals surface area (Å²) in [5.41, 5.74) is 2.44. The van der Waals surface area contributed by atoms with Gasteiger partial charge in [0.15, 0.2) is 5.82 Å². The number of esters is 4. The summed E-state index contributed by atoms with van der Waals surface area (Å²) in [7, 11) is 3.84. The number of aromatic nitrogens is 4. The van der Waals surface area contributed by atoms with Gasteiger partial charge in [0.25, 0.3) is 0 Å². The van der Waals surface area contributed by atoms with Crippen LogP contribution in [0.5, 0.6) is 0 Å². The van der Waals surface area contributed by atoms with Crippen LogP contribution in [0.3, 0.4) is 0 Å². The lowest BCUT2D eigenvalue weighted by atomic mass is 10.2. The minimum Gasteiger partial charge on any atom is -0.468 e. The van der Waals surface area contributed by atoms with Crippen LogP contribution in [0.15, 0.2) is 42.6 Å². The zero-order chi connectivity index (χ0) is 30.6. The van der Waals surface area contributed by atoms with E-state index < -0.39 is 23.9 Å². The molecule has 3 aromatic rings. The van der Waals surface area contributed by atoms with Gasteiger partial charge in [0, 0.05) is 26.2 Å². The molecular formula is C27H31IN6O8. The predicted molar refractivity (Wildman–Crippen MR) is 156 cm³/mol. The number of pyridine rings is 2. The van der Waals surface area contributed by atoms with Crippen LogP contribution >= 0.6 is 22.6 Å². The molecule has 0 N–H and O–H groups in total. The quantitative estimate of drug-likeness (QED) is 0.104. The van der Waals surface area contributed by atoms with Gasteiger partial charge in [-0.2, -0.15) is 5.10 Å². The van der Waals surface area contributed by atoms with E-state index in [-0.39, 0.29) is 39.5 Å². The maximum Gasteiger partial charge on any atom is 0.319 e. The van der Waals surface area contributed by atoms with E-state index in [1.165, 1.54) is 28.3 Å². The van der Waals surface area contributed by atoms with E-state index in [4.69, 9.17) is 29.0 Å². The Kier molecular flexibility index (Phi) is 12.3. The largest absolute Gasteiger partial charge is 0.468 e. The van der Waals surface area contributed by atoms with Gasteiger partial charge in [-0.15, -0.1) is 0 Å². The number of hydrogen-bond donors (Lipinski definition) is 0. The normalized spacial score (nSPS) is 10.9. The predicted octanol–water partition coefficient (Wildman–Crippen LogP) is 1.58. The highest BCUT2D eigenvalue weighted by Crippen LogP contribution is 2.24. The van der Waals surface area contributed by atoms with Crippen molar-refractivity contribution in [2.24, 2.45) is 0 Å². The van der Waals surface area contributed by atoms with E-state index in [2.05, 4.69) is 27.6 Å². The number of methoxy groups -OCH3 is 3. The van der Waals surface area contributed by atoms with Crippen molar-refractivity contribution in [3.05, 3.63) is 57.6 Å². The molecular weight excluding hydrogens is 663 g/mol. The molecule has 14 nitrogen and oxygen atoms in total. The molecule has 0 amide bonds. The fourth-order valence-corrected chi connectivity index (χ4v) is 4.37. The Balaban J connectivity index is 1.82. The van der Waals surface area contributed by atoms with Crippen LogP contribution < -0.4 is 0 Å². The zero-order valence-electron chi connectivity index (χ0n) is 23.6. The van der Waals surface area contributed by atoms with Crippen LogP contribution in [-0.2, 0) is 51.2 Å². The lowest BCUT2D eigenvalue weighted by molar-refractivity contribution is -0.151. The molecule has 3 aromatic heterocycles. The first kappa shape index (κ1) is 32.6. The summed E-state index contributed by atoms with van der Waals surface area (Å²) in [6, 6.07) is 10.8. The first-order valence-electron chi connectivity index (χ1n) is 12.6. The van der Waals surface area contributed by atoms with Crippen LogP contribution in [0.2, 0.25) is 0 Å². The number of halogens is 1. The van der Waals surface area contributed by atoms with Crippen molar-refractivity contribution in [2.45, 2.75) is 20.0 Å². The van der Waals surface area contributed by atoms with E-state index in [1.54, 1.807) is 44.9 Å². The van der Waals surface area contributed by atoms with Crippen molar-refractivity contribution in [3.8, 4) is 17.2 Å². The van der Waals surface area contributed by atoms with Crippen molar-refractivity contribution < 1.29 is 38.1 Å². The van der Waals surface area contributed by atoms with Crippen LogP contribution in [0.25, 0.3) is 17.2 Å². The highest BCUT2D eigenvalue weighted by molar-refractivity contribution is 14.1. The Morgan fingerprint density at radius 2 is 1.36 bits per heavy atom. The number of rotatable bonds is 14. The molecule has 0 aliphatic heterocycles. The molecule has 0 aromatic carbocycles. The van der Waals surface area contributed by atoms with Crippen LogP contribution in [0, 0.1) is 3.57 Å². The topological polar surface area (TPSA) is 155 Å². The number of carbonyl (C=O) groups is 4.